The second-order valence-electron chi connectivity index (χ2n) is 4.24. The molecule has 1 rings (SSSR count). The van der Waals surface area contributed by atoms with Gasteiger partial charge in [-0.2, -0.15) is 0 Å². The van der Waals surface area contributed by atoms with Gasteiger partial charge in [0.05, 0.1) is 13.8 Å². The molecule has 17 heavy (non-hydrogen) atoms. The Kier molecular flexibility index (Phi) is 7.16. The summed E-state index contributed by atoms with van der Waals surface area (Å²) in [7, 11) is 1.61. The Morgan fingerprint density at radius 3 is 2.47 bits per heavy atom. The Morgan fingerprint density at radius 2 is 2.00 bits per heavy atom. The minimum atomic E-state index is -0.407. The van der Waals surface area contributed by atoms with Crippen molar-refractivity contribution in [2.75, 3.05) is 13.8 Å². The van der Waals surface area contributed by atoms with Gasteiger partial charge < -0.3 is 10.5 Å². The van der Waals surface area contributed by atoms with Crippen LogP contribution in [0.4, 0.5) is 4.39 Å². The third-order valence-corrected chi connectivity index (χ3v) is 2.74. The molecule has 0 aliphatic rings. The molecule has 0 bridgehead atoms. The predicted octanol–water partition coefficient (Wildman–Crippen LogP) is 3.60. The van der Waals surface area contributed by atoms with Gasteiger partial charge in [-0.1, -0.05) is 26.0 Å². The van der Waals surface area contributed by atoms with E-state index in [0.29, 0.717) is 12.3 Å². The molecule has 0 saturated heterocycles. The number of ether oxygens (including phenoxy) is 1. The highest BCUT2D eigenvalue weighted by atomic mass is 35.5. The van der Waals surface area contributed by atoms with Gasteiger partial charge in [-0.25, -0.2) is 0 Å². The van der Waals surface area contributed by atoms with E-state index in [2.05, 4.69) is 13.8 Å². The van der Waals surface area contributed by atoms with Crippen LogP contribution in [0.1, 0.15) is 43.4 Å². The SMILES string of the molecule is COc1ccc(C(C)C)cc1[C@@H](N)CCF.Cl. The molecule has 0 spiro atoms. The highest BCUT2D eigenvalue weighted by molar-refractivity contribution is 5.85. The topological polar surface area (TPSA) is 35.2 Å². The zero-order chi connectivity index (χ0) is 12.1. The van der Waals surface area contributed by atoms with Gasteiger partial charge >= 0.3 is 0 Å². The largest absolute Gasteiger partial charge is 0.496 e. The van der Waals surface area contributed by atoms with Crippen molar-refractivity contribution >= 4 is 12.4 Å². The molecule has 0 aliphatic heterocycles. The number of hydrogen-bond donors (Lipinski definition) is 1. The van der Waals surface area contributed by atoms with Crippen molar-refractivity contribution in [1.82, 2.24) is 0 Å². The van der Waals surface area contributed by atoms with E-state index in [1.807, 2.05) is 18.2 Å². The second-order valence-corrected chi connectivity index (χ2v) is 4.24. The van der Waals surface area contributed by atoms with Crippen molar-refractivity contribution in [3.63, 3.8) is 0 Å². The molecule has 1 atom stereocenters. The smallest absolute Gasteiger partial charge is 0.123 e. The lowest BCUT2D eigenvalue weighted by atomic mass is 9.96. The van der Waals surface area contributed by atoms with E-state index in [-0.39, 0.29) is 18.4 Å². The molecule has 0 unspecified atom stereocenters. The van der Waals surface area contributed by atoms with E-state index < -0.39 is 6.67 Å². The van der Waals surface area contributed by atoms with Crippen molar-refractivity contribution in [3.8, 4) is 5.75 Å². The Labute approximate surface area is 109 Å². The Bertz CT molecular complexity index is 344. The fourth-order valence-corrected chi connectivity index (χ4v) is 1.67. The first-order valence-electron chi connectivity index (χ1n) is 5.59. The lowest BCUT2D eigenvalue weighted by Gasteiger charge is -2.17. The molecular formula is C13H21ClFNO. The van der Waals surface area contributed by atoms with Crippen LogP contribution in [0, 0.1) is 0 Å². The number of benzene rings is 1. The lowest BCUT2D eigenvalue weighted by molar-refractivity contribution is 0.395. The van der Waals surface area contributed by atoms with E-state index in [1.165, 1.54) is 5.56 Å². The van der Waals surface area contributed by atoms with Crippen LogP contribution in [-0.4, -0.2) is 13.8 Å². The van der Waals surface area contributed by atoms with Gasteiger partial charge in [0.1, 0.15) is 5.75 Å². The minimum absolute atomic E-state index is 0. The fraction of sp³-hybridized carbons (Fsp3) is 0.538. The summed E-state index contributed by atoms with van der Waals surface area (Å²) in [5.74, 6) is 1.17. The summed E-state index contributed by atoms with van der Waals surface area (Å²) in [6.07, 6.45) is 0.331. The third-order valence-electron chi connectivity index (χ3n) is 2.74. The van der Waals surface area contributed by atoms with Crippen molar-refractivity contribution in [2.24, 2.45) is 5.73 Å². The number of methoxy groups -OCH3 is 1. The Morgan fingerprint density at radius 1 is 1.35 bits per heavy atom. The fourth-order valence-electron chi connectivity index (χ4n) is 1.67. The van der Waals surface area contributed by atoms with Crippen molar-refractivity contribution in [2.45, 2.75) is 32.2 Å². The summed E-state index contributed by atoms with van der Waals surface area (Å²) >= 11 is 0. The molecule has 0 heterocycles. The molecule has 0 radical (unpaired) electrons. The molecule has 0 aliphatic carbocycles. The number of hydrogen-bond acceptors (Lipinski definition) is 2. The maximum absolute atomic E-state index is 12.3. The van der Waals surface area contributed by atoms with Crippen LogP contribution in [0.25, 0.3) is 0 Å². The predicted molar refractivity (Wildman–Crippen MR) is 71.9 cm³/mol. The monoisotopic (exact) mass is 261 g/mol. The first kappa shape index (κ1) is 16.2. The normalized spacial score (nSPS) is 12.1. The molecule has 0 aromatic heterocycles. The molecular weight excluding hydrogens is 241 g/mol. The van der Waals surface area contributed by atoms with Gasteiger partial charge in [-0.3, -0.25) is 4.39 Å². The zero-order valence-electron chi connectivity index (χ0n) is 10.6. The standard InChI is InChI=1S/C13H20FNO.ClH/c1-9(2)10-4-5-13(16-3)11(8-10)12(15)6-7-14;/h4-5,8-9,12H,6-7,15H2,1-3H3;1H/t12-;/m0./s1. The highest BCUT2D eigenvalue weighted by Crippen LogP contribution is 2.29. The van der Waals surface area contributed by atoms with E-state index in [1.54, 1.807) is 7.11 Å². The third kappa shape index (κ3) is 4.17. The molecule has 1 aromatic carbocycles. The maximum Gasteiger partial charge on any atom is 0.123 e. The van der Waals surface area contributed by atoms with Crippen LogP contribution < -0.4 is 10.5 Å². The molecule has 98 valence electrons. The van der Waals surface area contributed by atoms with Crippen molar-refractivity contribution < 1.29 is 9.13 Å². The number of alkyl halides is 1. The molecule has 0 amide bonds. The van der Waals surface area contributed by atoms with E-state index >= 15 is 0 Å². The van der Waals surface area contributed by atoms with Crippen molar-refractivity contribution in [1.29, 1.82) is 0 Å². The highest BCUT2D eigenvalue weighted by Gasteiger charge is 2.13. The number of rotatable bonds is 5. The number of halogens is 2. The summed E-state index contributed by atoms with van der Waals surface area (Å²) in [4.78, 5) is 0. The van der Waals surface area contributed by atoms with E-state index in [9.17, 15) is 4.39 Å². The van der Waals surface area contributed by atoms with Crippen LogP contribution >= 0.6 is 12.4 Å². The Balaban J connectivity index is 0.00000256. The van der Waals surface area contributed by atoms with Gasteiger partial charge in [-0.05, 0) is 24.0 Å². The van der Waals surface area contributed by atoms with Crippen molar-refractivity contribution in [3.05, 3.63) is 29.3 Å². The van der Waals surface area contributed by atoms with Gasteiger partial charge in [0, 0.05) is 11.6 Å². The molecule has 1 aromatic rings. The maximum atomic E-state index is 12.3. The van der Waals surface area contributed by atoms with Crippen LogP contribution in [0.2, 0.25) is 0 Å². The summed E-state index contributed by atoms with van der Waals surface area (Å²) in [5.41, 5.74) is 8.02. The van der Waals surface area contributed by atoms with Gasteiger partial charge in [-0.15, -0.1) is 12.4 Å². The lowest BCUT2D eigenvalue weighted by Crippen LogP contribution is -2.13. The molecule has 0 fully saturated rings. The first-order chi connectivity index (χ1) is 7.60. The second kappa shape index (κ2) is 7.51. The van der Waals surface area contributed by atoms with E-state index in [4.69, 9.17) is 10.5 Å². The summed E-state index contributed by atoms with van der Waals surface area (Å²) in [6.45, 7) is 3.83. The molecule has 0 saturated carbocycles. The number of nitrogens with two attached hydrogens (primary N) is 1. The van der Waals surface area contributed by atoms with Gasteiger partial charge in [0.15, 0.2) is 0 Å². The Hall–Kier alpha value is -0.800. The van der Waals surface area contributed by atoms with Crippen LogP contribution in [-0.2, 0) is 0 Å². The molecule has 4 heteroatoms. The molecule has 2 nitrogen and oxygen atoms in total. The minimum Gasteiger partial charge on any atom is -0.496 e. The van der Waals surface area contributed by atoms with Crippen LogP contribution in [0.15, 0.2) is 18.2 Å². The van der Waals surface area contributed by atoms with E-state index in [0.717, 1.165) is 11.3 Å². The average molecular weight is 262 g/mol. The average Bonchev–Trinajstić information content (AvgIpc) is 2.28. The summed E-state index contributed by atoms with van der Waals surface area (Å²) in [6, 6.07) is 5.65. The zero-order valence-corrected chi connectivity index (χ0v) is 11.4. The quantitative estimate of drug-likeness (QED) is 0.879. The van der Waals surface area contributed by atoms with Crippen LogP contribution in [0.5, 0.6) is 5.75 Å². The molecule has 2 N–H and O–H groups in total. The van der Waals surface area contributed by atoms with Gasteiger partial charge in [0.25, 0.3) is 0 Å². The first-order valence-corrected chi connectivity index (χ1v) is 5.59. The summed E-state index contributed by atoms with van der Waals surface area (Å²) in [5, 5.41) is 0. The summed E-state index contributed by atoms with van der Waals surface area (Å²) < 4.78 is 17.5. The van der Waals surface area contributed by atoms with Crippen LogP contribution in [0.3, 0.4) is 0 Å². The van der Waals surface area contributed by atoms with Gasteiger partial charge in [0.2, 0.25) is 0 Å².